The summed E-state index contributed by atoms with van der Waals surface area (Å²) in [6, 6.07) is 18.7. The molecule has 0 spiro atoms. The molecule has 2 aliphatic rings. The third kappa shape index (κ3) is 15.5. The average molecular weight is 1100 g/mol. The van der Waals surface area contributed by atoms with Crippen LogP contribution in [-0.2, 0) is 60.9 Å². The maximum atomic E-state index is 13.3. The van der Waals surface area contributed by atoms with Gasteiger partial charge in [0.05, 0.1) is 22.3 Å². The Labute approximate surface area is 417 Å². The summed E-state index contributed by atoms with van der Waals surface area (Å²) in [4.78, 5) is 0. The van der Waals surface area contributed by atoms with Gasteiger partial charge in [-0.1, -0.05) is 98.6 Å². The van der Waals surface area contributed by atoms with E-state index in [1.807, 2.05) is 36.4 Å². The molecule has 0 bridgehead atoms. The van der Waals surface area contributed by atoms with Gasteiger partial charge in [0.2, 0.25) is 0 Å². The first-order valence-electron chi connectivity index (χ1n) is 22.3. The van der Waals surface area contributed by atoms with Crippen LogP contribution in [0.2, 0.25) is 13.1 Å². The van der Waals surface area contributed by atoms with Crippen molar-refractivity contribution in [3.63, 3.8) is 0 Å². The van der Waals surface area contributed by atoms with Gasteiger partial charge in [0.25, 0.3) is 0 Å². The molecule has 0 atom stereocenters. The van der Waals surface area contributed by atoms with Gasteiger partial charge in [0.1, 0.15) is 0 Å². The number of fused-ring (bicyclic) bond motifs is 2. The zero-order chi connectivity index (χ0) is 48.4. The molecule has 0 amide bonds. The number of hydrogen-bond donors (Lipinski definition) is 0. The van der Waals surface area contributed by atoms with E-state index < -0.39 is 47.0 Å². The summed E-state index contributed by atoms with van der Waals surface area (Å²) in [6.07, 6.45) is -5.69. The van der Waals surface area contributed by atoms with E-state index in [1.165, 1.54) is 38.5 Å². The molecule has 6 aromatic rings. The molecule has 0 aliphatic heterocycles. The van der Waals surface area contributed by atoms with Gasteiger partial charge in [-0.15, -0.1) is 56.9 Å². The summed E-state index contributed by atoms with van der Waals surface area (Å²) in [5.41, 5.74) is -0.495. The molecule has 2 fully saturated rings. The number of benzene rings is 4. The average Bonchev–Trinajstić information content (AvgIpc) is 3.82. The molecule has 2 aliphatic carbocycles. The van der Waals surface area contributed by atoms with Gasteiger partial charge < -0.3 is 24.8 Å². The summed E-state index contributed by atoms with van der Waals surface area (Å²) < 4.78 is 160. The zero-order valence-corrected chi connectivity index (χ0v) is 43.0. The second-order valence-electron chi connectivity index (χ2n) is 18.4. The molecule has 0 heterocycles. The van der Waals surface area contributed by atoms with Crippen molar-refractivity contribution in [2.75, 3.05) is 0 Å². The number of alkyl halides is 12. The van der Waals surface area contributed by atoms with Gasteiger partial charge >= 0.3 is 66.6 Å². The van der Waals surface area contributed by atoms with Gasteiger partial charge in [-0.2, -0.15) is 64.8 Å². The van der Waals surface area contributed by atoms with E-state index in [1.54, 1.807) is 49.3 Å². The molecule has 0 radical (unpaired) electrons. The van der Waals surface area contributed by atoms with E-state index in [0.717, 1.165) is 95.8 Å². The Morgan fingerprint density at radius 1 is 0.456 bits per heavy atom. The van der Waals surface area contributed by atoms with Crippen molar-refractivity contribution in [1.82, 2.24) is 0 Å². The predicted molar refractivity (Wildman–Crippen MR) is 237 cm³/mol. The van der Waals surface area contributed by atoms with Crippen LogP contribution in [0, 0.1) is 25.7 Å². The Morgan fingerprint density at radius 3 is 1.00 bits per heavy atom. The van der Waals surface area contributed by atoms with E-state index >= 15 is 0 Å². The largest absolute Gasteiger partial charge is 1.00 e. The topological polar surface area (TPSA) is 0 Å². The molecule has 0 N–H and O–H groups in total. The van der Waals surface area contributed by atoms with Crippen LogP contribution in [-0.4, -0.2) is 5.43 Å². The van der Waals surface area contributed by atoms with Gasteiger partial charge in [0.15, 0.2) is 0 Å². The SMILES string of the molecule is C[Si](C)=[Zr+2].Cc1cc(-c2cc(C(F)(F)F)cc(C(F)(F)F)c2)c2cc(CC3CCCCC3)[cH-]c2c1.Cc1cc(-c2cc(C(F)(F)F)cc(C(F)(F)F)c2)c2cc(CC3CCCCC3)[cH-]c2c1.[Cl-].[Cl-]. The number of aryl methyl sites for hydroxylation is 2. The smallest absolute Gasteiger partial charge is 0.416 e. The summed E-state index contributed by atoms with van der Waals surface area (Å²) >= 11 is 1.74. The Balaban J connectivity index is 0.000000268. The maximum Gasteiger partial charge on any atom is 0.416 e. The van der Waals surface area contributed by atoms with Gasteiger partial charge in [-0.05, 0) is 86.1 Å². The van der Waals surface area contributed by atoms with E-state index in [9.17, 15) is 52.7 Å². The summed E-state index contributed by atoms with van der Waals surface area (Å²) in [5.74, 6) is 1.17. The standard InChI is InChI=1S/2C25H23F6.C2H6Si.2ClH.Zr/c2*1-15-7-18-10-17(9-16-5-3-2-4-6-16)11-23(18)22(8-15)19-12-20(24(26,27)28)14-21(13-19)25(29,30)31;1-3-2;;;/h2*7-8,10-14,16H,2-6,9H2,1H3;1-2H3;2*1H;/q2*-1;;;;+2/p-2. The fourth-order valence-corrected chi connectivity index (χ4v) is 9.45. The minimum absolute atomic E-state index is 0. The fraction of sp³-hybridized carbons (Fsp3) is 0.423. The van der Waals surface area contributed by atoms with Crippen molar-refractivity contribution in [3.05, 3.63) is 129 Å². The Morgan fingerprint density at radius 2 is 0.735 bits per heavy atom. The van der Waals surface area contributed by atoms with Gasteiger partial charge in [-0.25, -0.2) is 0 Å². The van der Waals surface area contributed by atoms with Crippen molar-refractivity contribution in [1.29, 1.82) is 0 Å². The number of hydrogen-bond acceptors (Lipinski definition) is 0. The second kappa shape index (κ2) is 23.4. The van der Waals surface area contributed by atoms with E-state index in [0.29, 0.717) is 33.7 Å². The third-order valence-corrected chi connectivity index (χ3v) is 12.3. The Kier molecular flexibility index (Phi) is 19.8. The van der Waals surface area contributed by atoms with E-state index in [4.69, 9.17) is 0 Å². The van der Waals surface area contributed by atoms with Crippen LogP contribution in [0.15, 0.2) is 84.9 Å². The second-order valence-corrected chi connectivity index (χ2v) is 27.7. The van der Waals surface area contributed by atoms with Crippen LogP contribution >= 0.6 is 0 Å². The van der Waals surface area contributed by atoms with Crippen molar-refractivity contribution in [2.24, 2.45) is 11.8 Å². The summed E-state index contributed by atoms with van der Waals surface area (Å²) in [7, 11) is 0. The van der Waals surface area contributed by atoms with Crippen molar-refractivity contribution in [2.45, 2.75) is 129 Å². The maximum absolute atomic E-state index is 13.3. The monoisotopic (exact) mass is 1090 g/mol. The predicted octanol–water partition coefficient (Wildman–Crippen LogP) is 12.2. The van der Waals surface area contributed by atoms with Crippen LogP contribution in [0.3, 0.4) is 0 Å². The molecule has 6 aromatic carbocycles. The van der Waals surface area contributed by atoms with Crippen molar-refractivity contribution >= 4 is 27.0 Å². The van der Waals surface area contributed by atoms with Crippen LogP contribution in [0.4, 0.5) is 52.7 Å². The van der Waals surface area contributed by atoms with Gasteiger partial charge in [0, 0.05) is 0 Å². The summed E-state index contributed by atoms with van der Waals surface area (Å²) in [6.45, 7) is 8.22. The van der Waals surface area contributed by atoms with Gasteiger partial charge in [-0.3, -0.25) is 0 Å². The van der Waals surface area contributed by atoms with E-state index in [2.05, 4.69) is 13.1 Å². The zero-order valence-electron chi connectivity index (χ0n) is 38.0. The first kappa shape index (κ1) is 57.5. The molecule has 16 heteroatoms. The molecule has 0 aromatic heterocycles. The summed E-state index contributed by atoms with van der Waals surface area (Å²) in [5, 5.41) is 3.10. The number of halogens is 14. The molecule has 0 nitrogen and oxygen atoms in total. The van der Waals surface area contributed by atoms with Crippen LogP contribution in [0.25, 0.3) is 43.8 Å². The molecule has 368 valence electrons. The molecule has 8 rings (SSSR count). The molecule has 0 saturated heterocycles. The van der Waals surface area contributed by atoms with Crippen LogP contribution in [0.1, 0.15) is 109 Å². The Hall–Kier alpha value is -3.06. The molecule has 0 unspecified atom stereocenters. The fourth-order valence-electron chi connectivity index (χ4n) is 9.45. The molecular weight excluding hydrogens is 1040 g/mol. The first-order valence-corrected chi connectivity index (χ1v) is 28.4. The Bertz CT molecular complexity index is 2390. The normalized spacial score (nSPS) is 15.2. The minimum Gasteiger partial charge on any atom is -1.00 e. The molecule has 68 heavy (non-hydrogen) atoms. The van der Waals surface area contributed by atoms with Crippen LogP contribution < -0.4 is 24.8 Å². The van der Waals surface area contributed by atoms with Crippen molar-refractivity contribution < 1.29 is 101 Å². The van der Waals surface area contributed by atoms with Crippen molar-refractivity contribution in [3.8, 4) is 22.3 Å². The third-order valence-electron chi connectivity index (χ3n) is 12.3. The molecule has 2 saturated carbocycles. The molecular formula is C52H52Cl2F12SiZr-2. The number of rotatable bonds is 6. The first-order chi connectivity index (χ1) is 30.7. The van der Waals surface area contributed by atoms with E-state index in [-0.39, 0.29) is 53.5 Å². The van der Waals surface area contributed by atoms with Crippen LogP contribution in [0.5, 0.6) is 0 Å². The minimum atomic E-state index is -4.86. The quantitative estimate of drug-likeness (QED) is 0.0886.